The van der Waals surface area contributed by atoms with E-state index in [1.165, 1.54) is 9.36 Å². The average molecular weight is 217 g/mol. The van der Waals surface area contributed by atoms with Gasteiger partial charge in [0.15, 0.2) is 0 Å². The van der Waals surface area contributed by atoms with Crippen LogP contribution in [0, 0.1) is 0 Å². The molecule has 0 heterocycles. The Morgan fingerprint density at radius 2 is 2.00 bits per heavy atom. The fourth-order valence-corrected chi connectivity index (χ4v) is 3.24. The number of rotatable bonds is 2. The summed E-state index contributed by atoms with van der Waals surface area (Å²) in [6.45, 7) is 0. The van der Waals surface area contributed by atoms with Crippen molar-refractivity contribution in [2.24, 2.45) is 0 Å². The van der Waals surface area contributed by atoms with Crippen molar-refractivity contribution in [3.05, 3.63) is 24.3 Å². The topological polar surface area (TPSA) is 0 Å². The monoisotopic (exact) mass is 218 g/mol. The zero-order valence-electron chi connectivity index (χ0n) is 6.13. The molecule has 0 atom stereocenters. The second-order valence-corrected chi connectivity index (χ2v) is 4.48. The first kappa shape index (κ1) is 8.19. The summed E-state index contributed by atoms with van der Waals surface area (Å²) in [6, 6.07) is 8.61. The van der Waals surface area contributed by atoms with Crippen LogP contribution < -0.4 is 4.46 Å². The van der Waals surface area contributed by atoms with Crippen LogP contribution in [0.5, 0.6) is 0 Å². The summed E-state index contributed by atoms with van der Waals surface area (Å²) >= 11 is 2.47. The van der Waals surface area contributed by atoms with Gasteiger partial charge in [0.25, 0.3) is 0 Å². The molecule has 0 bridgehead atoms. The molecule has 1 aromatic carbocycles. The Labute approximate surface area is 72.6 Å². The van der Waals surface area contributed by atoms with Crippen molar-refractivity contribution in [3.63, 3.8) is 0 Å². The van der Waals surface area contributed by atoms with E-state index in [0.717, 1.165) is 0 Å². The first-order valence-corrected chi connectivity index (χ1v) is 6.85. The Morgan fingerprint density at radius 3 is 2.50 bits per heavy atom. The van der Waals surface area contributed by atoms with Crippen molar-refractivity contribution in [2.45, 2.75) is 10.7 Å². The van der Waals surface area contributed by atoms with Gasteiger partial charge in [0.05, 0.1) is 0 Å². The second-order valence-electron chi connectivity index (χ2n) is 1.85. The van der Waals surface area contributed by atoms with Gasteiger partial charge in [0.2, 0.25) is 0 Å². The van der Waals surface area contributed by atoms with E-state index in [0.29, 0.717) is 15.0 Å². The zero-order valence-corrected chi connectivity index (χ0v) is 8.66. The molecule has 0 unspecified atom stereocenters. The Bertz CT molecular complexity index is 187. The number of hydrogen-bond donors (Lipinski definition) is 0. The normalized spacial score (nSPS) is 9.80. The predicted molar refractivity (Wildman–Crippen MR) is 49.5 cm³/mol. The summed E-state index contributed by atoms with van der Waals surface area (Å²) < 4.78 is 1.52. The van der Waals surface area contributed by atoms with Crippen LogP contribution in [0.1, 0.15) is 0 Å². The van der Waals surface area contributed by atoms with Crippen LogP contribution in [0.4, 0.5) is 0 Å². The molecule has 10 heavy (non-hydrogen) atoms. The maximum absolute atomic E-state index is 2.25. The summed E-state index contributed by atoms with van der Waals surface area (Å²) in [6.07, 6.45) is 2.13. The van der Waals surface area contributed by atoms with Gasteiger partial charge < -0.3 is 0 Å². The molecular formula is C8H10SSe. The van der Waals surface area contributed by atoms with Crippen molar-refractivity contribution in [1.82, 2.24) is 0 Å². The number of hydrogen-bond acceptors (Lipinski definition) is 1. The molecule has 0 aliphatic heterocycles. The summed E-state index contributed by atoms with van der Waals surface area (Å²) in [5, 5.41) is 0. The third-order valence-electron chi connectivity index (χ3n) is 1.29. The third kappa shape index (κ3) is 1.79. The molecule has 0 saturated heterocycles. The van der Waals surface area contributed by atoms with Gasteiger partial charge >= 0.3 is 72.4 Å². The predicted octanol–water partition coefficient (Wildman–Crippen LogP) is 1.79. The van der Waals surface area contributed by atoms with Crippen molar-refractivity contribution in [2.75, 3.05) is 6.26 Å². The number of thioether (sulfide) groups is 1. The SMILES string of the molecule is CSc1ccccc1[Se]C. The molecule has 2 heteroatoms. The van der Waals surface area contributed by atoms with E-state index in [1.54, 1.807) is 0 Å². The Balaban J connectivity index is 2.96. The van der Waals surface area contributed by atoms with Gasteiger partial charge in [-0.15, -0.1) is 0 Å². The summed E-state index contributed by atoms with van der Waals surface area (Å²) in [5.41, 5.74) is 0. The van der Waals surface area contributed by atoms with Crippen LogP contribution in [0.15, 0.2) is 29.2 Å². The van der Waals surface area contributed by atoms with Gasteiger partial charge in [-0.25, -0.2) is 0 Å². The van der Waals surface area contributed by atoms with Gasteiger partial charge in [0.1, 0.15) is 0 Å². The first-order chi connectivity index (χ1) is 4.88. The van der Waals surface area contributed by atoms with Crippen LogP contribution in [0.25, 0.3) is 0 Å². The second kappa shape index (κ2) is 4.07. The van der Waals surface area contributed by atoms with E-state index < -0.39 is 0 Å². The van der Waals surface area contributed by atoms with Crippen molar-refractivity contribution in [3.8, 4) is 0 Å². The van der Waals surface area contributed by atoms with Gasteiger partial charge in [0, 0.05) is 0 Å². The third-order valence-corrected chi connectivity index (χ3v) is 4.05. The van der Waals surface area contributed by atoms with Gasteiger partial charge in [-0.1, -0.05) is 0 Å². The van der Waals surface area contributed by atoms with Crippen LogP contribution in [-0.4, -0.2) is 21.2 Å². The first-order valence-electron chi connectivity index (χ1n) is 3.05. The Kier molecular flexibility index (Phi) is 3.33. The fourth-order valence-electron chi connectivity index (χ4n) is 0.787. The Hall–Kier alpha value is 0.0895. The zero-order chi connectivity index (χ0) is 7.40. The molecule has 0 aliphatic carbocycles. The van der Waals surface area contributed by atoms with Crippen LogP contribution in [0.2, 0.25) is 5.82 Å². The van der Waals surface area contributed by atoms with E-state index in [4.69, 9.17) is 0 Å². The molecule has 0 saturated carbocycles. The molecular weight excluding hydrogens is 207 g/mol. The molecule has 1 aromatic rings. The molecule has 1 rings (SSSR count). The molecule has 54 valence electrons. The van der Waals surface area contributed by atoms with E-state index in [9.17, 15) is 0 Å². The van der Waals surface area contributed by atoms with Crippen molar-refractivity contribution in [1.29, 1.82) is 0 Å². The molecule has 0 radical (unpaired) electrons. The molecule has 0 aromatic heterocycles. The number of benzene rings is 1. The van der Waals surface area contributed by atoms with Crippen LogP contribution in [0.3, 0.4) is 0 Å². The van der Waals surface area contributed by atoms with Crippen LogP contribution >= 0.6 is 11.8 Å². The van der Waals surface area contributed by atoms with Gasteiger partial charge in [-0.05, 0) is 0 Å². The summed E-state index contributed by atoms with van der Waals surface area (Å²) in [4.78, 5) is 1.44. The maximum atomic E-state index is 2.25. The standard InChI is InChI=1S/C8H10SSe/c1-9-7-5-3-4-6-8(7)10-2/h3-6H,1-2H3. The molecule has 0 amide bonds. The molecule has 0 N–H and O–H groups in total. The molecule has 0 nitrogen and oxygen atoms in total. The van der Waals surface area contributed by atoms with E-state index >= 15 is 0 Å². The molecule has 0 aliphatic rings. The fraction of sp³-hybridized carbons (Fsp3) is 0.250. The molecule has 0 spiro atoms. The minimum atomic E-state index is 0.638. The van der Waals surface area contributed by atoms with Crippen molar-refractivity contribution < 1.29 is 0 Å². The van der Waals surface area contributed by atoms with Crippen LogP contribution in [-0.2, 0) is 0 Å². The average Bonchev–Trinajstić information content (AvgIpc) is 2.04. The molecule has 0 fully saturated rings. The van der Waals surface area contributed by atoms with Gasteiger partial charge in [-0.2, -0.15) is 0 Å². The Morgan fingerprint density at radius 1 is 1.30 bits per heavy atom. The minimum absolute atomic E-state index is 0.638. The summed E-state index contributed by atoms with van der Waals surface area (Å²) in [5.74, 6) is 2.25. The van der Waals surface area contributed by atoms with Crippen molar-refractivity contribution >= 4 is 31.2 Å². The van der Waals surface area contributed by atoms with E-state index in [-0.39, 0.29) is 0 Å². The summed E-state index contributed by atoms with van der Waals surface area (Å²) in [7, 11) is 0. The quantitative estimate of drug-likeness (QED) is 0.537. The van der Waals surface area contributed by atoms with E-state index in [2.05, 4.69) is 36.3 Å². The van der Waals surface area contributed by atoms with E-state index in [1.807, 2.05) is 11.8 Å². The van der Waals surface area contributed by atoms with Gasteiger partial charge in [-0.3, -0.25) is 0 Å².